The zero-order chi connectivity index (χ0) is 15.7. The number of urea groups is 1. The Morgan fingerprint density at radius 3 is 2.55 bits per heavy atom. The van der Waals surface area contributed by atoms with Crippen LogP contribution in [0.2, 0.25) is 0 Å². The Hall–Kier alpha value is -1.89. The minimum Gasteiger partial charge on any atom is -0.322 e. The fourth-order valence-electron chi connectivity index (χ4n) is 3.02. The predicted octanol–water partition coefficient (Wildman–Crippen LogP) is 2.35. The van der Waals surface area contributed by atoms with Gasteiger partial charge in [0.05, 0.1) is 5.56 Å². The van der Waals surface area contributed by atoms with Crippen LogP contribution in [0.4, 0.5) is 4.79 Å². The zero-order valence-corrected chi connectivity index (χ0v) is 13.5. The SMILES string of the molecule is O=C(NN1C(=O)NC2(CCCCC2)C1=O)c1ccccc1Br. The summed E-state index contributed by atoms with van der Waals surface area (Å²) in [5, 5.41) is 3.56. The highest BCUT2D eigenvalue weighted by atomic mass is 79.9. The maximum absolute atomic E-state index is 12.6. The van der Waals surface area contributed by atoms with E-state index in [1.54, 1.807) is 24.3 Å². The Bertz CT molecular complexity index is 641. The number of carbonyl (C=O) groups excluding carboxylic acids is 3. The molecule has 2 fully saturated rings. The Morgan fingerprint density at radius 1 is 1.18 bits per heavy atom. The molecule has 1 aliphatic carbocycles. The molecule has 1 spiro atoms. The molecule has 0 radical (unpaired) electrons. The van der Waals surface area contributed by atoms with Gasteiger partial charge in [0.1, 0.15) is 5.54 Å². The summed E-state index contributed by atoms with van der Waals surface area (Å²) in [6.45, 7) is 0. The summed E-state index contributed by atoms with van der Waals surface area (Å²) in [7, 11) is 0. The molecule has 1 heterocycles. The van der Waals surface area contributed by atoms with E-state index in [0.717, 1.165) is 24.3 Å². The van der Waals surface area contributed by atoms with E-state index in [1.165, 1.54) is 0 Å². The maximum atomic E-state index is 12.6. The molecular weight excluding hydrogens is 350 g/mol. The molecule has 0 bridgehead atoms. The van der Waals surface area contributed by atoms with Crippen LogP contribution in [-0.2, 0) is 4.79 Å². The van der Waals surface area contributed by atoms with E-state index >= 15 is 0 Å². The van der Waals surface area contributed by atoms with Gasteiger partial charge in [-0.15, -0.1) is 0 Å². The number of hydrazine groups is 1. The first-order valence-corrected chi connectivity index (χ1v) is 8.05. The molecule has 6 nitrogen and oxygen atoms in total. The average molecular weight is 366 g/mol. The van der Waals surface area contributed by atoms with Crippen molar-refractivity contribution in [1.29, 1.82) is 0 Å². The number of hydrogen-bond donors (Lipinski definition) is 2. The highest BCUT2D eigenvalue weighted by molar-refractivity contribution is 9.10. The zero-order valence-electron chi connectivity index (χ0n) is 11.9. The van der Waals surface area contributed by atoms with Gasteiger partial charge in [0, 0.05) is 4.47 Å². The largest absolute Gasteiger partial charge is 0.344 e. The maximum Gasteiger partial charge on any atom is 0.344 e. The molecular formula is C15H16BrN3O3. The fraction of sp³-hybridized carbons (Fsp3) is 0.400. The molecule has 4 amide bonds. The van der Waals surface area contributed by atoms with Crippen molar-refractivity contribution in [2.45, 2.75) is 37.6 Å². The first-order chi connectivity index (χ1) is 10.5. The van der Waals surface area contributed by atoms with Gasteiger partial charge in [0.2, 0.25) is 0 Å². The van der Waals surface area contributed by atoms with Crippen LogP contribution in [-0.4, -0.2) is 28.4 Å². The van der Waals surface area contributed by atoms with Crippen LogP contribution in [0, 0.1) is 0 Å². The number of hydrogen-bond acceptors (Lipinski definition) is 3. The van der Waals surface area contributed by atoms with E-state index in [4.69, 9.17) is 0 Å². The van der Waals surface area contributed by atoms with Gasteiger partial charge in [-0.25, -0.2) is 4.79 Å². The van der Waals surface area contributed by atoms with Crippen LogP contribution in [0.25, 0.3) is 0 Å². The van der Waals surface area contributed by atoms with Crippen LogP contribution < -0.4 is 10.7 Å². The van der Waals surface area contributed by atoms with Crippen molar-refractivity contribution in [1.82, 2.24) is 15.8 Å². The summed E-state index contributed by atoms with van der Waals surface area (Å²) in [4.78, 5) is 36.9. The van der Waals surface area contributed by atoms with Gasteiger partial charge in [-0.2, -0.15) is 5.01 Å². The highest BCUT2D eigenvalue weighted by Gasteiger charge is 2.52. The van der Waals surface area contributed by atoms with Crippen LogP contribution in [0.5, 0.6) is 0 Å². The first kappa shape index (κ1) is 15.0. The molecule has 0 unspecified atom stereocenters. The molecule has 1 aliphatic heterocycles. The van der Waals surface area contributed by atoms with E-state index in [2.05, 4.69) is 26.7 Å². The lowest BCUT2D eigenvalue weighted by Gasteiger charge is -2.30. The van der Waals surface area contributed by atoms with Crippen molar-refractivity contribution in [2.75, 3.05) is 0 Å². The van der Waals surface area contributed by atoms with E-state index in [0.29, 0.717) is 22.9 Å². The smallest absolute Gasteiger partial charge is 0.322 e. The molecule has 2 aliphatic rings. The van der Waals surface area contributed by atoms with E-state index in [-0.39, 0.29) is 5.91 Å². The lowest BCUT2D eigenvalue weighted by atomic mass is 9.82. The molecule has 22 heavy (non-hydrogen) atoms. The Balaban J connectivity index is 1.78. The van der Waals surface area contributed by atoms with Crippen molar-refractivity contribution in [3.05, 3.63) is 34.3 Å². The third-order valence-electron chi connectivity index (χ3n) is 4.20. The summed E-state index contributed by atoms with van der Waals surface area (Å²) in [6, 6.07) is 6.28. The number of benzene rings is 1. The minimum atomic E-state index is -0.837. The molecule has 0 aromatic heterocycles. The Morgan fingerprint density at radius 2 is 1.86 bits per heavy atom. The van der Waals surface area contributed by atoms with Crippen molar-refractivity contribution < 1.29 is 14.4 Å². The van der Waals surface area contributed by atoms with E-state index in [9.17, 15) is 14.4 Å². The Labute approximate surface area is 136 Å². The predicted molar refractivity (Wildman–Crippen MR) is 82.8 cm³/mol. The van der Waals surface area contributed by atoms with Gasteiger partial charge < -0.3 is 5.32 Å². The number of nitrogens with one attached hydrogen (secondary N) is 2. The normalized spacial score (nSPS) is 20.1. The molecule has 3 rings (SSSR count). The second-order valence-electron chi connectivity index (χ2n) is 5.63. The molecule has 1 aromatic rings. The highest BCUT2D eigenvalue weighted by Crippen LogP contribution is 2.33. The second-order valence-corrected chi connectivity index (χ2v) is 6.49. The first-order valence-electron chi connectivity index (χ1n) is 7.26. The quantitative estimate of drug-likeness (QED) is 0.789. The number of halogens is 1. The van der Waals surface area contributed by atoms with Crippen LogP contribution in [0.1, 0.15) is 42.5 Å². The fourth-order valence-corrected chi connectivity index (χ4v) is 3.49. The lowest BCUT2D eigenvalue weighted by molar-refractivity contribution is -0.134. The lowest BCUT2D eigenvalue weighted by Crippen LogP contribution is -2.51. The van der Waals surface area contributed by atoms with Crippen molar-refractivity contribution >= 4 is 33.8 Å². The molecule has 1 aromatic carbocycles. The Kier molecular flexibility index (Phi) is 3.90. The number of nitrogens with zero attached hydrogens (tertiary/aromatic N) is 1. The molecule has 116 valence electrons. The summed E-state index contributed by atoms with van der Waals surface area (Å²) >= 11 is 3.28. The van der Waals surface area contributed by atoms with Crippen LogP contribution in [0.15, 0.2) is 28.7 Å². The number of amides is 4. The van der Waals surface area contributed by atoms with Gasteiger partial charge in [-0.3, -0.25) is 15.0 Å². The van der Waals surface area contributed by atoms with Gasteiger partial charge in [-0.05, 0) is 40.9 Å². The molecule has 1 saturated heterocycles. The average Bonchev–Trinajstić information content (AvgIpc) is 2.73. The van der Waals surface area contributed by atoms with Gasteiger partial charge in [-0.1, -0.05) is 31.4 Å². The third-order valence-corrected chi connectivity index (χ3v) is 4.89. The molecule has 0 atom stereocenters. The van der Waals surface area contributed by atoms with E-state index in [1.807, 2.05) is 0 Å². The van der Waals surface area contributed by atoms with Crippen molar-refractivity contribution in [3.8, 4) is 0 Å². The minimum absolute atomic E-state index is 0.363. The molecule has 2 N–H and O–H groups in total. The number of carbonyl (C=O) groups is 3. The monoisotopic (exact) mass is 365 g/mol. The summed E-state index contributed by atoms with van der Waals surface area (Å²) in [5.41, 5.74) is 1.94. The van der Waals surface area contributed by atoms with Gasteiger partial charge in [0.15, 0.2) is 0 Å². The topological polar surface area (TPSA) is 78.5 Å². The summed E-state index contributed by atoms with van der Waals surface area (Å²) in [5.74, 6) is -0.860. The summed E-state index contributed by atoms with van der Waals surface area (Å²) < 4.78 is 0.604. The summed E-state index contributed by atoms with van der Waals surface area (Å²) in [6.07, 6.45) is 4.11. The molecule has 1 saturated carbocycles. The van der Waals surface area contributed by atoms with Crippen molar-refractivity contribution in [2.24, 2.45) is 0 Å². The number of imide groups is 1. The van der Waals surface area contributed by atoms with Gasteiger partial charge in [0.25, 0.3) is 11.8 Å². The van der Waals surface area contributed by atoms with E-state index < -0.39 is 17.5 Å². The number of rotatable bonds is 2. The standard InChI is InChI=1S/C15H16BrN3O3/c16-11-7-3-2-6-10(11)12(20)18-19-13(21)15(17-14(19)22)8-4-1-5-9-15/h2-3,6-7H,1,4-5,8-9H2,(H,17,22)(H,18,20). The molecule has 7 heteroatoms. The van der Waals surface area contributed by atoms with Crippen LogP contribution in [0.3, 0.4) is 0 Å². The third kappa shape index (κ3) is 2.49. The van der Waals surface area contributed by atoms with Crippen molar-refractivity contribution in [3.63, 3.8) is 0 Å². The van der Waals surface area contributed by atoms with Crippen LogP contribution >= 0.6 is 15.9 Å². The second kappa shape index (κ2) is 5.72. The van der Waals surface area contributed by atoms with Gasteiger partial charge >= 0.3 is 6.03 Å².